The van der Waals surface area contributed by atoms with E-state index in [0.717, 1.165) is 12.8 Å². The summed E-state index contributed by atoms with van der Waals surface area (Å²) in [5.74, 6) is -10.2. The maximum absolute atomic E-state index is 14.0. The SMILES string of the molecule is CCCCNCC(=O)Nc1ccc2c(c1O)C(O)=C1C(=O)[C@]3(O)C(O)=C(C(N)=O)C(=O)[C@@H](N(C)C)C3C(O)C1[C@H]2C. The number of phenols is 1. The maximum Gasteiger partial charge on any atom is 0.255 e. The van der Waals surface area contributed by atoms with Gasteiger partial charge in [0.2, 0.25) is 11.7 Å². The summed E-state index contributed by atoms with van der Waals surface area (Å²) in [6.45, 7) is 4.24. The first-order valence-corrected chi connectivity index (χ1v) is 13.4. The lowest BCUT2D eigenvalue weighted by molar-refractivity contribution is -0.169. The molecule has 3 aliphatic rings. The Morgan fingerprint density at radius 1 is 1.15 bits per heavy atom. The quantitative estimate of drug-likeness (QED) is 0.116. The number of rotatable bonds is 8. The number of aliphatic hydroxyl groups is 4. The Labute approximate surface area is 236 Å². The van der Waals surface area contributed by atoms with Crippen molar-refractivity contribution in [2.75, 3.05) is 32.5 Å². The summed E-state index contributed by atoms with van der Waals surface area (Å²) in [6.07, 6.45) is 0.141. The van der Waals surface area contributed by atoms with Gasteiger partial charge in [0.05, 0.1) is 35.9 Å². The number of unbranched alkanes of at least 4 members (excludes halogenated alkanes) is 1. The zero-order valence-corrected chi connectivity index (χ0v) is 23.3. The number of Topliss-reactive ketones (excluding diaryl/α,β-unsaturated/α-hetero) is 2. The molecule has 13 nitrogen and oxygen atoms in total. The first kappa shape index (κ1) is 30.2. The third-order valence-corrected chi connectivity index (χ3v) is 8.40. The van der Waals surface area contributed by atoms with E-state index < -0.39 is 87.3 Å². The molecule has 3 aliphatic carbocycles. The van der Waals surface area contributed by atoms with Gasteiger partial charge in [-0.1, -0.05) is 26.3 Å². The molecule has 0 spiro atoms. The van der Waals surface area contributed by atoms with Gasteiger partial charge in [-0.2, -0.15) is 0 Å². The van der Waals surface area contributed by atoms with Gasteiger partial charge >= 0.3 is 0 Å². The van der Waals surface area contributed by atoms with E-state index in [1.54, 1.807) is 6.92 Å². The zero-order valence-electron chi connectivity index (χ0n) is 23.3. The smallest absolute Gasteiger partial charge is 0.255 e. The van der Waals surface area contributed by atoms with E-state index in [1.807, 2.05) is 6.92 Å². The molecule has 0 heterocycles. The monoisotopic (exact) mass is 572 g/mol. The average molecular weight is 573 g/mol. The highest BCUT2D eigenvalue weighted by Crippen LogP contribution is 2.56. The van der Waals surface area contributed by atoms with Gasteiger partial charge in [-0.05, 0) is 44.6 Å². The third kappa shape index (κ3) is 4.49. The number of nitrogens with two attached hydrogens (primary N) is 1. The normalized spacial score (nSPS) is 29.3. The van der Waals surface area contributed by atoms with E-state index in [2.05, 4.69) is 10.6 Å². The molecule has 13 heteroatoms. The van der Waals surface area contributed by atoms with Crippen molar-refractivity contribution in [3.8, 4) is 5.75 Å². The van der Waals surface area contributed by atoms with Gasteiger partial charge in [0, 0.05) is 11.5 Å². The molecule has 1 aromatic carbocycles. The minimum atomic E-state index is -2.99. The standard InChI is InChI=1S/C28H36N4O9/c1-5-6-9-30-10-14(33)31-13-8-7-12-11(2)15-17(22(35)16(12)21(13)34)25(38)28(41)19(23(15)36)20(32(3)4)24(37)18(26(28)39)27(29)40/h7-8,11,15,19-20,23,30,34-36,39,41H,5-6,9-10H2,1-4H3,(H2,29,40)(H,31,33)/t11-,15?,19?,20-,23?,28-/m0/s1. The molecular weight excluding hydrogens is 536 g/mol. The molecule has 6 atom stereocenters. The number of hydrogen-bond acceptors (Lipinski definition) is 11. The molecule has 3 unspecified atom stereocenters. The van der Waals surface area contributed by atoms with E-state index in [1.165, 1.54) is 31.1 Å². The summed E-state index contributed by atoms with van der Waals surface area (Å²) in [6, 6.07) is 1.54. The van der Waals surface area contributed by atoms with Crippen LogP contribution in [0.2, 0.25) is 0 Å². The summed E-state index contributed by atoms with van der Waals surface area (Å²) in [5.41, 5.74) is 0.950. The van der Waals surface area contributed by atoms with Crippen molar-refractivity contribution in [2.24, 2.45) is 17.6 Å². The minimum Gasteiger partial charge on any atom is -0.508 e. The molecule has 41 heavy (non-hydrogen) atoms. The Kier molecular flexibility index (Phi) is 8.02. The molecule has 9 N–H and O–H groups in total. The summed E-state index contributed by atoms with van der Waals surface area (Å²) in [7, 11) is 2.88. The summed E-state index contributed by atoms with van der Waals surface area (Å²) >= 11 is 0. The number of phenolic OH excluding ortho intramolecular Hbond substituents is 1. The second-order valence-electron chi connectivity index (χ2n) is 11.1. The molecule has 2 amide bonds. The number of fused-ring (bicyclic) bond motifs is 3. The number of aromatic hydroxyl groups is 1. The van der Waals surface area contributed by atoms with Crippen LogP contribution in [-0.4, -0.2) is 98.7 Å². The van der Waals surface area contributed by atoms with Crippen LogP contribution < -0.4 is 16.4 Å². The zero-order chi connectivity index (χ0) is 30.5. The van der Waals surface area contributed by atoms with Crippen LogP contribution in [0.4, 0.5) is 5.69 Å². The highest BCUT2D eigenvalue weighted by molar-refractivity contribution is 6.24. The lowest BCUT2D eigenvalue weighted by Crippen LogP contribution is -2.70. The van der Waals surface area contributed by atoms with Crippen LogP contribution in [0.5, 0.6) is 5.75 Å². The number of anilines is 1. The Morgan fingerprint density at radius 3 is 2.39 bits per heavy atom. The number of amides is 2. The Hall–Kier alpha value is -3.78. The lowest BCUT2D eigenvalue weighted by atomic mass is 9.54. The van der Waals surface area contributed by atoms with Gasteiger partial charge in [0.15, 0.2) is 11.4 Å². The summed E-state index contributed by atoms with van der Waals surface area (Å²) in [4.78, 5) is 53.1. The van der Waals surface area contributed by atoms with Gasteiger partial charge in [-0.15, -0.1) is 0 Å². The van der Waals surface area contributed by atoms with Crippen molar-refractivity contribution in [1.29, 1.82) is 0 Å². The lowest BCUT2D eigenvalue weighted by Gasteiger charge is -2.53. The number of benzene rings is 1. The Balaban J connectivity index is 1.85. The second kappa shape index (κ2) is 10.9. The number of carbonyl (C=O) groups is 4. The first-order chi connectivity index (χ1) is 19.2. The highest BCUT2D eigenvalue weighted by Gasteiger charge is 2.68. The van der Waals surface area contributed by atoms with Crippen molar-refractivity contribution >= 4 is 34.8 Å². The number of hydrogen-bond donors (Lipinski definition) is 8. The number of carbonyl (C=O) groups excluding carboxylic acids is 4. The fourth-order valence-corrected chi connectivity index (χ4v) is 6.42. The van der Waals surface area contributed by atoms with Gasteiger partial charge < -0.3 is 41.9 Å². The third-order valence-electron chi connectivity index (χ3n) is 8.40. The second-order valence-corrected chi connectivity index (χ2v) is 11.1. The first-order valence-electron chi connectivity index (χ1n) is 13.4. The fourth-order valence-electron chi connectivity index (χ4n) is 6.42. The van der Waals surface area contributed by atoms with Gasteiger partial charge in [0.25, 0.3) is 5.91 Å². The van der Waals surface area contributed by atoms with Gasteiger partial charge in [-0.25, -0.2) is 0 Å². The molecule has 0 aliphatic heterocycles. The Morgan fingerprint density at radius 2 is 1.80 bits per heavy atom. The molecule has 1 aromatic rings. The number of aliphatic hydroxyl groups excluding tert-OH is 3. The van der Waals surface area contributed by atoms with E-state index in [0.29, 0.717) is 12.1 Å². The molecule has 0 aromatic heterocycles. The molecule has 1 saturated carbocycles. The highest BCUT2D eigenvalue weighted by atomic mass is 16.4. The van der Waals surface area contributed by atoms with E-state index in [-0.39, 0.29) is 17.8 Å². The van der Waals surface area contributed by atoms with Crippen LogP contribution in [-0.2, 0) is 19.2 Å². The summed E-state index contributed by atoms with van der Waals surface area (Å²) < 4.78 is 0. The predicted molar refractivity (Wildman–Crippen MR) is 147 cm³/mol. The number of ketones is 2. The van der Waals surface area contributed by atoms with Crippen LogP contribution in [0.15, 0.2) is 29.0 Å². The molecule has 0 bridgehead atoms. The van der Waals surface area contributed by atoms with E-state index >= 15 is 0 Å². The molecule has 4 rings (SSSR count). The van der Waals surface area contributed by atoms with Crippen molar-refractivity contribution in [2.45, 2.75) is 50.4 Å². The van der Waals surface area contributed by atoms with Crippen molar-refractivity contribution in [3.05, 3.63) is 40.2 Å². The maximum atomic E-state index is 14.0. The van der Waals surface area contributed by atoms with Crippen molar-refractivity contribution < 1.29 is 44.7 Å². The number of nitrogens with one attached hydrogen (secondary N) is 2. The average Bonchev–Trinajstić information content (AvgIpc) is 2.89. The van der Waals surface area contributed by atoms with Crippen LogP contribution in [0.25, 0.3) is 5.76 Å². The largest absolute Gasteiger partial charge is 0.508 e. The molecular formula is C28H36N4O9. The van der Waals surface area contributed by atoms with Gasteiger partial charge in [-0.3, -0.25) is 24.1 Å². The van der Waals surface area contributed by atoms with Crippen LogP contribution >= 0.6 is 0 Å². The fraction of sp³-hybridized carbons (Fsp3) is 0.500. The number of primary amides is 1. The van der Waals surface area contributed by atoms with Crippen molar-refractivity contribution in [3.63, 3.8) is 0 Å². The molecule has 0 radical (unpaired) electrons. The van der Waals surface area contributed by atoms with E-state index in [9.17, 15) is 44.7 Å². The van der Waals surface area contributed by atoms with Crippen LogP contribution in [0.3, 0.4) is 0 Å². The van der Waals surface area contributed by atoms with Crippen LogP contribution in [0.1, 0.15) is 43.7 Å². The number of likely N-dealkylation sites (N-methyl/N-ethyl adjacent to an activating group) is 1. The molecule has 222 valence electrons. The Bertz CT molecular complexity index is 1380. The predicted octanol–water partition coefficient (Wildman–Crippen LogP) is -0.176. The van der Waals surface area contributed by atoms with Crippen molar-refractivity contribution in [1.82, 2.24) is 10.2 Å². The molecule has 1 fully saturated rings. The summed E-state index contributed by atoms with van der Waals surface area (Å²) in [5, 5.41) is 62.3. The van der Waals surface area contributed by atoms with Gasteiger partial charge in [0.1, 0.15) is 22.8 Å². The van der Waals surface area contributed by atoms with E-state index in [4.69, 9.17) is 5.73 Å². The molecule has 0 saturated heterocycles. The van der Waals surface area contributed by atoms with Crippen LogP contribution in [0, 0.1) is 11.8 Å². The topological polar surface area (TPSA) is 223 Å². The number of nitrogens with zero attached hydrogens (tertiary/aromatic N) is 1. The minimum absolute atomic E-state index is 0.0270.